The highest BCUT2D eigenvalue weighted by atomic mass is 16.5. The molecule has 1 fully saturated rings. The van der Waals surface area contributed by atoms with Gasteiger partial charge in [-0.25, -0.2) is 0 Å². The lowest BCUT2D eigenvalue weighted by atomic mass is 10.0. The number of ether oxygens (including phenoxy) is 2. The van der Waals surface area contributed by atoms with Crippen molar-refractivity contribution in [3.05, 3.63) is 47.4 Å². The Morgan fingerprint density at radius 1 is 1.22 bits per heavy atom. The summed E-state index contributed by atoms with van der Waals surface area (Å²) in [5.74, 6) is -0.0490. The van der Waals surface area contributed by atoms with Crippen molar-refractivity contribution >= 4 is 17.6 Å². The molecule has 7 nitrogen and oxygen atoms in total. The van der Waals surface area contributed by atoms with Crippen LogP contribution in [0.5, 0.6) is 5.75 Å². The Morgan fingerprint density at radius 2 is 1.93 bits per heavy atom. The zero-order chi connectivity index (χ0) is 19.2. The van der Waals surface area contributed by atoms with Gasteiger partial charge in [-0.1, -0.05) is 0 Å². The Hall–Kier alpha value is -2.80. The van der Waals surface area contributed by atoms with E-state index in [1.165, 1.54) is 6.26 Å². The van der Waals surface area contributed by atoms with E-state index in [1.54, 1.807) is 31.2 Å². The summed E-state index contributed by atoms with van der Waals surface area (Å²) in [6.07, 6.45) is 3.07. The standard InChI is InChI=1S/C20H23NO6/c1-13-11-27-17(10-18(22)23)19(13)20(24)21-15-2-4-16(5-3-15)26-12-14-6-8-25-9-7-14/h2-5,11,14H,6-10,12H2,1H3,(H,21,24)(H,22,23). The van der Waals surface area contributed by atoms with Crippen LogP contribution in [0.3, 0.4) is 0 Å². The predicted octanol–water partition coefficient (Wildman–Crippen LogP) is 3.27. The summed E-state index contributed by atoms with van der Waals surface area (Å²) in [6, 6.07) is 7.11. The van der Waals surface area contributed by atoms with Crippen LogP contribution in [0, 0.1) is 12.8 Å². The van der Waals surface area contributed by atoms with Gasteiger partial charge < -0.3 is 24.3 Å². The Balaban J connectivity index is 1.58. The molecule has 0 atom stereocenters. The van der Waals surface area contributed by atoms with Crippen LogP contribution in [0.2, 0.25) is 0 Å². The van der Waals surface area contributed by atoms with Crippen molar-refractivity contribution in [2.45, 2.75) is 26.2 Å². The van der Waals surface area contributed by atoms with Gasteiger partial charge >= 0.3 is 5.97 Å². The fourth-order valence-corrected chi connectivity index (χ4v) is 3.03. The number of carbonyl (C=O) groups is 2. The van der Waals surface area contributed by atoms with Crippen molar-refractivity contribution in [1.29, 1.82) is 0 Å². The average Bonchev–Trinajstić information content (AvgIpc) is 3.01. The Bertz CT molecular complexity index is 789. The normalized spacial score (nSPS) is 14.7. The summed E-state index contributed by atoms with van der Waals surface area (Å²) in [5.41, 5.74) is 1.46. The highest BCUT2D eigenvalue weighted by molar-refractivity contribution is 6.06. The molecule has 1 amide bonds. The van der Waals surface area contributed by atoms with E-state index in [2.05, 4.69) is 5.32 Å². The monoisotopic (exact) mass is 373 g/mol. The number of hydrogen-bond donors (Lipinski definition) is 2. The van der Waals surface area contributed by atoms with Crippen LogP contribution >= 0.6 is 0 Å². The fourth-order valence-electron chi connectivity index (χ4n) is 3.03. The zero-order valence-corrected chi connectivity index (χ0v) is 15.2. The van der Waals surface area contributed by atoms with E-state index in [-0.39, 0.29) is 17.7 Å². The van der Waals surface area contributed by atoms with E-state index < -0.39 is 11.9 Å². The van der Waals surface area contributed by atoms with Crippen molar-refractivity contribution in [2.75, 3.05) is 25.1 Å². The highest BCUT2D eigenvalue weighted by Gasteiger charge is 2.20. The molecule has 1 aliphatic rings. The number of benzene rings is 1. The summed E-state index contributed by atoms with van der Waals surface area (Å²) in [6.45, 7) is 3.94. The van der Waals surface area contributed by atoms with E-state index in [1.807, 2.05) is 0 Å². The van der Waals surface area contributed by atoms with Gasteiger partial charge in [0.05, 0.1) is 18.4 Å². The molecule has 144 valence electrons. The molecule has 27 heavy (non-hydrogen) atoms. The number of furan rings is 1. The molecule has 0 spiro atoms. The minimum atomic E-state index is -1.05. The minimum Gasteiger partial charge on any atom is -0.493 e. The lowest BCUT2D eigenvalue weighted by Crippen LogP contribution is -2.21. The summed E-state index contributed by atoms with van der Waals surface area (Å²) >= 11 is 0. The first-order valence-electron chi connectivity index (χ1n) is 8.93. The molecule has 0 radical (unpaired) electrons. The van der Waals surface area contributed by atoms with E-state index in [9.17, 15) is 9.59 Å². The van der Waals surface area contributed by atoms with Gasteiger partial charge in [-0.15, -0.1) is 0 Å². The Labute approximate surface area is 157 Å². The molecule has 0 bridgehead atoms. The van der Waals surface area contributed by atoms with Gasteiger partial charge in [-0.05, 0) is 49.9 Å². The van der Waals surface area contributed by atoms with E-state index in [0.29, 0.717) is 23.8 Å². The first-order chi connectivity index (χ1) is 13.0. The molecule has 2 N–H and O–H groups in total. The van der Waals surface area contributed by atoms with E-state index in [0.717, 1.165) is 31.8 Å². The maximum absolute atomic E-state index is 12.5. The number of carboxylic acid groups (broad SMARTS) is 1. The quantitative estimate of drug-likeness (QED) is 0.773. The SMILES string of the molecule is Cc1coc(CC(=O)O)c1C(=O)Nc1ccc(OCC2CCOCC2)cc1. The molecule has 0 unspecified atom stereocenters. The third-order valence-corrected chi connectivity index (χ3v) is 4.53. The van der Waals surface area contributed by atoms with Crippen LogP contribution in [0.1, 0.15) is 34.5 Å². The van der Waals surface area contributed by atoms with Crippen LogP contribution in [-0.4, -0.2) is 36.8 Å². The van der Waals surface area contributed by atoms with E-state index >= 15 is 0 Å². The van der Waals surface area contributed by atoms with Gasteiger partial charge in [-0.3, -0.25) is 9.59 Å². The van der Waals surface area contributed by atoms with Gasteiger partial charge in [0.1, 0.15) is 17.9 Å². The number of rotatable bonds is 7. The Kier molecular flexibility index (Phi) is 6.13. The van der Waals surface area contributed by atoms with Crippen LogP contribution in [-0.2, 0) is 16.0 Å². The van der Waals surface area contributed by atoms with Gasteiger partial charge in [0.2, 0.25) is 0 Å². The lowest BCUT2D eigenvalue weighted by molar-refractivity contribution is -0.136. The number of carbonyl (C=O) groups excluding carboxylic acids is 1. The maximum atomic E-state index is 12.5. The van der Waals surface area contributed by atoms with Crippen molar-refractivity contribution in [3.8, 4) is 5.75 Å². The third kappa shape index (κ3) is 5.10. The van der Waals surface area contributed by atoms with Crippen LogP contribution in [0.15, 0.2) is 34.9 Å². The zero-order valence-electron chi connectivity index (χ0n) is 15.2. The van der Waals surface area contributed by atoms with Gasteiger partial charge in [0.15, 0.2) is 0 Å². The van der Waals surface area contributed by atoms with Crippen LogP contribution < -0.4 is 10.1 Å². The summed E-state index contributed by atoms with van der Waals surface area (Å²) in [7, 11) is 0. The average molecular weight is 373 g/mol. The number of aliphatic carboxylic acids is 1. The molecule has 1 aliphatic heterocycles. The maximum Gasteiger partial charge on any atom is 0.311 e. The van der Waals surface area contributed by atoms with Crippen molar-refractivity contribution in [2.24, 2.45) is 5.92 Å². The molecule has 3 rings (SSSR count). The molecule has 2 heterocycles. The summed E-state index contributed by atoms with van der Waals surface area (Å²) in [4.78, 5) is 23.4. The summed E-state index contributed by atoms with van der Waals surface area (Å²) < 4.78 is 16.4. The molecular formula is C20H23NO6. The highest BCUT2D eigenvalue weighted by Crippen LogP contribution is 2.22. The Morgan fingerprint density at radius 3 is 2.59 bits per heavy atom. The van der Waals surface area contributed by atoms with Gasteiger partial charge in [-0.2, -0.15) is 0 Å². The number of carboxylic acids is 1. The number of amides is 1. The first kappa shape index (κ1) is 19.0. The molecule has 0 aliphatic carbocycles. The second-order valence-corrected chi connectivity index (χ2v) is 6.63. The molecule has 7 heteroatoms. The molecular weight excluding hydrogens is 350 g/mol. The van der Waals surface area contributed by atoms with Gasteiger partial charge in [0.25, 0.3) is 5.91 Å². The molecule has 1 saturated heterocycles. The fraction of sp³-hybridized carbons (Fsp3) is 0.400. The smallest absolute Gasteiger partial charge is 0.311 e. The van der Waals surface area contributed by atoms with Gasteiger partial charge in [0, 0.05) is 24.5 Å². The summed E-state index contributed by atoms with van der Waals surface area (Å²) in [5, 5.41) is 11.7. The van der Waals surface area contributed by atoms with Crippen molar-refractivity contribution < 1.29 is 28.6 Å². The van der Waals surface area contributed by atoms with Crippen molar-refractivity contribution in [1.82, 2.24) is 0 Å². The number of hydrogen-bond acceptors (Lipinski definition) is 5. The lowest BCUT2D eigenvalue weighted by Gasteiger charge is -2.22. The number of anilines is 1. The largest absolute Gasteiger partial charge is 0.493 e. The molecule has 1 aromatic carbocycles. The van der Waals surface area contributed by atoms with Crippen molar-refractivity contribution in [3.63, 3.8) is 0 Å². The van der Waals surface area contributed by atoms with Crippen LogP contribution in [0.25, 0.3) is 0 Å². The predicted molar refractivity (Wildman–Crippen MR) is 98.2 cm³/mol. The number of nitrogens with one attached hydrogen (secondary N) is 1. The van der Waals surface area contributed by atoms with E-state index in [4.69, 9.17) is 19.0 Å². The first-order valence-corrected chi connectivity index (χ1v) is 8.93. The topological polar surface area (TPSA) is 98.0 Å². The molecule has 0 saturated carbocycles. The number of aryl methyl sites for hydroxylation is 1. The molecule has 1 aromatic heterocycles. The second kappa shape index (κ2) is 8.73. The second-order valence-electron chi connectivity index (χ2n) is 6.63. The van der Waals surface area contributed by atoms with Crippen LogP contribution in [0.4, 0.5) is 5.69 Å². The minimum absolute atomic E-state index is 0.147. The third-order valence-electron chi connectivity index (χ3n) is 4.53. The molecule has 2 aromatic rings.